The Morgan fingerprint density at radius 1 is 1.28 bits per heavy atom. The van der Waals surface area contributed by atoms with Crippen molar-refractivity contribution in [3.05, 3.63) is 66.1 Å². The summed E-state index contributed by atoms with van der Waals surface area (Å²) in [5.74, 6) is 0.831. The van der Waals surface area contributed by atoms with Gasteiger partial charge in [0, 0.05) is 35.6 Å². The lowest BCUT2D eigenvalue weighted by Gasteiger charge is -2.27. The van der Waals surface area contributed by atoms with Crippen LogP contribution < -0.4 is 15.8 Å². The van der Waals surface area contributed by atoms with Crippen LogP contribution in [-0.4, -0.2) is 38.5 Å². The Labute approximate surface area is 169 Å². The van der Waals surface area contributed by atoms with Gasteiger partial charge in [-0.15, -0.1) is 0 Å². The topological polar surface area (TPSA) is 119 Å². The highest BCUT2D eigenvalue weighted by molar-refractivity contribution is 6.03. The highest BCUT2D eigenvalue weighted by Crippen LogP contribution is 2.25. The molecule has 1 amide bonds. The third-order valence-electron chi connectivity index (χ3n) is 4.22. The molecule has 8 heteroatoms. The molecule has 2 aromatic heterocycles. The fourth-order valence-electron chi connectivity index (χ4n) is 2.83. The molecule has 150 valence electrons. The molecule has 0 aliphatic carbocycles. The molecule has 0 atom stereocenters. The number of carbonyl (C=O) groups excluding carboxylic acids is 1. The van der Waals surface area contributed by atoms with Crippen LogP contribution in [0.2, 0.25) is 0 Å². The van der Waals surface area contributed by atoms with Gasteiger partial charge in [-0.3, -0.25) is 4.79 Å². The van der Waals surface area contributed by atoms with Crippen molar-refractivity contribution in [2.45, 2.75) is 26.3 Å². The number of nitrogens with two attached hydrogens (primary N) is 1. The van der Waals surface area contributed by atoms with E-state index in [9.17, 15) is 4.79 Å². The summed E-state index contributed by atoms with van der Waals surface area (Å²) in [5.41, 5.74) is 7.15. The lowest BCUT2D eigenvalue weighted by molar-refractivity contribution is 0.0880. The van der Waals surface area contributed by atoms with E-state index in [0.29, 0.717) is 34.1 Å². The molecule has 0 unspecified atom stereocenters. The number of nitrogens with one attached hydrogen (secondary N) is 2. The van der Waals surface area contributed by atoms with Gasteiger partial charge in [-0.05, 0) is 51.1 Å². The summed E-state index contributed by atoms with van der Waals surface area (Å²) >= 11 is 0. The number of benzene rings is 1. The Bertz CT molecular complexity index is 1030. The number of hydrogen-bond acceptors (Lipinski definition) is 6. The molecule has 3 aromatic rings. The van der Waals surface area contributed by atoms with E-state index in [1.54, 1.807) is 66.6 Å². The Balaban J connectivity index is 1.70. The normalized spacial score (nSPS) is 11.1. The van der Waals surface area contributed by atoms with Gasteiger partial charge in [0.15, 0.2) is 5.82 Å². The van der Waals surface area contributed by atoms with Crippen molar-refractivity contribution in [3.63, 3.8) is 0 Å². The summed E-state index contributed by atoms with van der Waals surface area (Å²) in [4.78, 5) is 17.0. The van der Waals surface area contributed by atoms with E-state index in [4.69, 9.17) is 15.9 Å². The summed E-state index contributed by atoms with van der Waals surface area (Å²) in [7, 11) is 0. The molecule has 0 fully saturated rings. The molecule has 0 aliphatic heterocycles. The van der Waals surface area contributed by atoms with Crippen LogP contribution in [0.15, 0.2) is 55.0 Å². The predicted octanol–water partition coefficient (Wildman–Crippen LogP) is 2.82. The maximum Gasteiger partial charge on any atom is 0.252 e. The average Bonchev–Trinajstić information content (AvgIpc) is 3.21. The second-order valence-electron chi connectivity index (χ2n) is 7.33. The zero-order valence-corrected chi connectivity index (χ0v) is 16.6. The summed E-state index contributed by atoms with van der Waals surface area (Å²) in [5, 5.41) is 15.0. The number of amides is 1. The van der Waals surface area contributed by atoms with Crippen LogP contribution in [0.4, 0.5) is 5.69 Å². The number of nitrogen functional groups attached to an aromatic ring is 1. The summed E-state index contributed by atoms with van der Waals surface area (Å²) in [6.45, 7) is 5.60. The smallest absolute Gasteiger partial charge is 0.252 e. The van der Waals surface area contributed by atoms with E-state index in [2.05, 4.69) is 15.4 Å². The Kier molecular flexibility index (Phi) is 5.63. The number of hydrogen-bond donors (Lipinski definition) is 3. The van der Waals surface area contributed by atoms with Crippen molar-refractivity contribution in [1.29, 1.82) is 5.41 Å². The first-order valence-corrected chi connectivity index (χ1v) is 9.12. The highest BCUT2D eigenvalue weighted by Gasteiger charge is 2.23. The number of ether oxygens (including phenoxy) is 1. The minimum Gasteiger partial charge on any atom is -0.490 e. The fourth-order valence-corrected chi connectivity index (χ4v) is 2.83. The van der Waals surface area contributed by atoms with Gasteiger partial charge in [0.05, 0.1) is 11.1 Å². The van der Waals surface area contributed by atoms with Crippen LogP contribution in [0.5, 0.6) is 5.75 Å². The molecule has 0 saturated carbocycles. The van der Waals surface area contributed by atoms with E-state index in [1.807, 2.05) is 13.8 Å². The molecule has 0 bridgehead atoms. The Morgan fingerprint density at radius 3 is 2.76 bits per heavy atom. The number of pyridine rings is 1. The highest BCUT2D eigenvalue weighted by atomic mass is 16.5. The first-order chi connectivity index (χ1) is 13.8. The number of carbonyl (C=O) groups is 1. The predicted molar refractivity (Wildman–Crippen MR) is 112 cm³/mol. The molecule has 0 spiro atoms. The third kappa shape index (κ3) is 4.78. The van der Waals surface area contributed by atoms with Crippen LogP contribution in [0.1, 0.15) is 36.7 Å². The van der Waals surface area contributed by atoms with Crippen LogP contribution in [-0.2, 0) is 0 Å². The monoisotopic (exact) mass is 392 g/mol. The number of nitrogens with zero attached hydrogens (tertiary/aromatic N) is 3. The largest absolute Gasteiger partial charge is 0.490 e. The van der Waals surface area contributed by atoms with E-state index in [0.717, 1.165) is 0 Å². The van der Waals surface area contributed by atoms with Crippen molar-refractivity contribution in [2.75, 3.05) is 12.3 Å². The standard InChI is InChI=1S/C21H24N6O2/c1-14(22)19-16(23)6-4-7-17(19)29-13-21(2,3)26-20(28)15-8-10-24-18(12-15)27-11-5-9-25-27/h4-12,22H,13,23H2,1-3H3,(H,26,28). The van der Waals surface area contributed by atoms with Gasteiger partial charge in [-0.1, -0.05) is 6.07 Å². The quantitative estimate of drug-likeness (QED) is 0.422. The van der Waals surface area contributed by atoms with Gasteiger partial charge in [0.1, 0.15) is 12.4 Å². The van der Waals surface area contributed by atoms with E-state index >= 15 is 0 Å². The molecule has 0 radical (unpaired) electrons. The second-order valence-corrected chi connectivity index (χ2v) is 7.33. The SMILES string of the molecule is CC(=N)c1c(N)cccc1OCC(C)(C)NC(=O)c1ccnc(-n2cccn2)c1. The zero-order chi connectivity index (χ0) is 21.0. The van der Waals surface area contributed by atoms with Crippen LogP contribution in [0.25, 0.3) is 5.82 Å². The summed E-state index contributed by atoms with van der Waals surface area (Å²) in [6, 6.07) is 10.4. The Morgan fingerprint density at radius 2 is 2.07 bits per heavy atom. The van der Waals surface area contributed by atoms with E-state index < -0.39 is 5.54 Å². The molecule has 8 nitrogen and oxygen atoms in total. The van der Waals surface area contributed by atoms with Gasteiger partial charge in [-0.25, -0.2) is 9.67 Å². The summed E-state index contributed by atoms with van der Waals surface area (Å²) in [6.07, 6.45) is 4.98. The molecule has 0 aliphatic rings. The first-order valence-electron chi connectivity index (χ1n) is 9.12. The summed E-state index contributed by atoms with van der Waals surface area (Å²) < 4.78 is 7.49. The minimum absolute atomic E-state index is 0.208. The molecular weight excluding hydrogens is 368 g/mol. The van der Waals surface area contributed by atoms with E-state index in [1.165, 1.54) is 0 Å². The van der Waals surface area contributed by atoms with Gasteiger partial charge in [0.25, 0.3) is 5.91 Å². The van der Waals surface area contributed by atoms with Crippen molar-refractivity contribution in [1.82, 2.24) is 20.1 Å². The Hall–Kier alpha value is -3.68. The third-order valence-corrected chi connectivity index (χ3v) is 4.22. The van der Waals surface area contributed by atoms with Gasteiger partial charge < -0.3 is 21.2 Å². The van der Waals surface area contributed by atoms with Crippen molar-refractivity contribution < 1.29 is 9.53 Å². The van der Waals surface area contributed by atoms with Gasteiger partial charge in [-0.2, -0.15) is 5.10 Å². The van der Waals surface area contributed by atoms with Crippen LogP contribution >= 0.6 is 0 Å². The van der Waals surface area contributed by atoms with Gasteiger partial charge >= 0.3 is 0 Å². The van der Waals surface area contributed by atoms with Crippen LogP contribution in [0, 0.1) is 5.41 Å². The lowest BCUT2D eigenvalue weighted by atomic mass is 10.1. The molecule has 0 saturated heterocycles. The first kappa shape index (κ1) is 20.1. The number of aromatic nitrogens is 3. The molecule has 2 heterocycles. The maximum atomic E-state index is 12.7. The minimum atomic E-state index is -0.663. The van der Waals surface area contributed by atoms with Crippen molar-refractivity contribution in [3.8, 4) is 11.6 Å². The molecule has 4 N–H and O–H groups in total. The number of anilines is 1. The fraction of sp³-hybridized carbons (Fsp3) is 0.238. The molecule has 1 aromatic carbocycles. The van der Waals surface area contributed by atoms with Crippen molar-refractivity contribution >= 4 is 17.3 Å². The molecule has 3 rings (SSSR count). The molecule has 29 heavy (non-hydrogen) atoms. The number of rotatable bonds is 7. The van der Waals surface area contributed by atoms with Crippen molar-refractivity contribution in [2.24, 2.45) is 0 Å². The zero-order valence-electron chi connectivity index (χ0n) is 16.6. The van der Waals surface area contributed by atoms with E-state index in [-0.39, 0.29) is 12.5 Å². The van der Waals surface area contributed by atoms with Gasteiger partial charge in [0.2, 0.25) is 0 Å². The lowest BCUT2D eigenvalue weighted by Crippen LogP contribution is -2.48. The average molecular weight is 392 g/mol. The maximum absolute atomic E-state index is 12.7. The van der Waals surface area contributed by atoms with Crippen LogP contribution in [0.3, 0.4) is 0 Å². The second kappa shape index (κ2) is 8.14. The molecular formula is C21H24N6O2.